The first kappa shape index (κ1) is 28.0. The smallest absolute Gasteiger partial charge is 0.217 e. The number of nitrogens with zero attached hydrogens (tertiary/aromatic N) is 4. The molecule has 4 aromatic rings. The maximum atomic E-state index is 11.5. The number of carbonyl (C=O) groups excluding carboxylic acids is 1. The molecule has 10 heteroatoms. The van der Waals surface area contributed by atoms with Crippen LogP contribution in [0.4, 0.5) is 0 Å². The summed E-state index contributed by atoms with van der Waals surface area (Å²) in [4.78, 5) is 11.5. The maximum absolute atomic E-state index is 11.5. The molecule has 0 aliphatic carbocycles. The van der Waals surface area contributed by atoms with Crippen molar-refractivity contribution in [2.24, 2.45) is 13.0 Å². The highest BCUT2D eigenvalue weighted by Crippen LogP contribution is 2.43. The van der Waals surface area contributed by atoms with E-state index < -0.39 is 6.29 Å². The second kappa shape index (κ2) is 12.7. The number of aromatic nitrogens is 4. The lowest BCUT2D eigenvalue weighted by atomic mass is 9.91. The van der Waals surface area contributed by atoms with Crippen LogP contribution in [0.3, 0.4) is 0 Å². The van der Waals surface area contributed by atoms with E-state index in [-0.39, 0.29) is 30.6 Å². The van der Waals surface area contributed by atoms with Crippen molar-refractivity contribution in [3.05, 3.63) is 95.1 Å². The molecule has 1 aliphatic rings. The normalized spacial score (nSPS) is 20.8. The number of hydrogen-bond acceptors (Lipinski definition) is 8. The number of aliphatic hydroxyl groups excluding tert-OH is 1. The molecular formula is C30H33N5O4S. The summed E-state index contributed by atoms with van der Waals surface area (Å²) < 4.78 is 14.8. The summed E-state index contributed by atoms with van der Waals surface area (Å²) in [6.45, 7) is 4.12. The zero-order chi connectivity index (χ0) is 28.1. The average Bonchev–Trinajstić information content (AvgIpc) is 3.40. The van der Waals surface area contributed by atoms with Gasteiger partial charge in [-0.1, -0.05) is 91.5 Å². The minimum absolute atomic E-state index is 0.00160. The second-order valence-corrected chi connectivity index (χ2v) is 10.9. The van der Waals surface area contributed by atoms with Crippen molar-refractivity contribution in [1.29, 1.82) is 0 Å². The van der Waals surface area contributed by atoms with Crippen molar-refractivity contribution in [2.45, 2.75) is 50.7 Å². The number of tetrazole rings is 1. The predicted molar refractivity (Wildman–Crippen MR) is 152 cm³/mol. The Morgan fingerprint density at radius 2 is 1.75 bits per heavy atom. The van der Waals surface area contributed by atoms with E-state index in [1.165, 1.54) is 6.92 Å². The molecule has 1 aromatic heterocycles. The van der Waals surface area contributed by atoms with Crippen LogP contribution in [0.1, 0.15) is 48.5 Å². The molecule has 0 radical (unpaired) electrons. The highest BCUT2D eigenvalue weighted by atomic mass is 32.2. The van der Waals surface area contributed by atoms with Gasteiger partial charge in [-0.25, -0.2) is 4.68 Å². The second-order valence-electron chi connectivity index (χ2n) is 9.91. The zero-order valence-electron chi connectivity index (χ0n) is 22.7. The third kappa shape index (κ3) is 6.42. The van der Waals surface area contributed by atoms with E-state index in [1.807, 2.05) is 61.6 Å². The van der Waals surface area contributed by atoms with Crippen LogP contribution in [0, 0.1) is 5.92 Å². The Morgan fingerprint density at radius 1 is 1.02 bits per heavy atom. The summed E-state index contributed by atoms with van der Waals surface area (Å²) in [6, 6.07) is 24.1. The van der Waals surface area contributed by atoms with Gasteiger partial charge in [0.15, 0.2) is 6.29 Å². The van der Waals surface area contributed by atoms with Crippen LogP contribution in [0.2, 0.25) is 0 Å². The lowest BCUT2D eigenvalue weighted by Crippen LogP contribution is -2.38. The molecule has 3 aromatic carbocycles. The highest BCUT2D eigenvalue weighted by Gasteiger charge is 2.38. The third-order valence-corrected chi connectivity index (χ3v) is 8.22. The van der Waals surface area contributed by atoms with Gasteiger partial charge in [-0.15, -0.1) is 5.10 Å². The fourth-order valence-corrected chi connectivity index (χ4v) is 5.82. The molecule has 0 bridgehead atoms. The third-order valence-electron chi connectivity index (χ3n) is 7.12. The van der Waals surface area contributed by atoms with Gasteiger partial charge in [-0.3, -0.25) is 4.79 Å². The number of rotatable bonds is 9. The SMILES string of the molecule is CC(=O)NCc1ccccc1-c1ccc([C@@H]2O[C@H](CSc3nnnn3C)[C@H](C)[C@H](c3ccc(CO)cc3)O2)cc1. The lowest BCUT2D eigenvalue weighted by Gasteiger charge is -2.41. The summed E-state index contributed by atoms with van der Waals surface area (Å²) >= 11 is 1.56. The largest absolute Gasteiger partial charge is 0.392 e. The van der Waals surface area contributed by atoms with E-state index in [9.17, 15) is 9.90 Å². The fraction of sp³-hybridized carbons (Fsp3) is 0.333. The Morgan fingerprint density at radius 3 is 2.42 bits per heavy atom. The van der Waals surface area contributed by atoms with Gasteiger partial charge in [0.05, 0.1) is 18.8 Å². The molecule has 4 atom stereocenters. The molecule has 0 unspecified atom stereocenters. The standard InChI is InChI=1S/C30H33N5O4S/c1-19-27(18-40-30-32-33-34-35(30)3)38-29(39-28(19)23-10-8-21(17-36)9-11-23)24-14-12-22(13-15-24)26-7-5-4-6-25(26)16-31-20(2)37/h4-15,19,27-29,36H,16-18H2,1-3H3,(H,31,37)/t19-,27+,28+,29+/m0/s1. The summed E-state index contributed by atoms with van der Waals surface area (Å²) in [5, 5.41) is 24.9. The van der Waals surface area contributed by atoms with Gasteiger partial charge in [0.25, 0.3) is 0 Å². The quantitative estimate of drug-likeness (QED) is 0.287. The number of hydrogen-bond donors (Lipinski definition) is 2. The number of aliphatic hydroxyl groups is 1. The number of benzene rings is 3. The van der Waals surface area contributed by atoms with Gasteiger partial charge < -0.3 is 19.9 Å². The molecule has 40 heavy (non-hydrogen) atoms. The number of ether oxygens (including phenoxy) is 2. The van der Waals surface area contributed by atoms with E-state index in [0.717, 1.165) is 38.5 Å². The minimum atomic E-state index is -0.564. The van der Waals surface area contributed by atoms with Crippen molar-refractivity contribution in [2.75, 3.05) is 5.75 Å². The van der Waals surface area contributed by atoms with Gasteiger partial charge in [0, 0.05) is 37.8 Å². The van der Waals surface area contributed by atoms with Crippen LogP contribution in [0.25, 0.3) is 11.1 Å². The maximum Gasteiger partial charge on any atom is 0.217 e. The van der Waals surface area contributed by atoms with Crippen molar-refractivity contribution in [3.63, 3.8) is 0 Å². The fourth-order valence-electron chi connectivity index (χ4n) is 4.81. The van der Waals surface area contributed by atoms with Crippen molar-refractivity contribution >= 4 is 17.7 Å². The van der Waals surface area contributed by atoms with Gasteiger partial charge in [0.1, 0.15) is 0 Å². The molecule has 0 saturated carbocycles. The molecule has 1 aliphatic heterocycles. The van der Waals surface area contributed by atoms with Gasteiger partial charge in [0.2, 0.25) is 11.1 Å². The number of aryl methyl sites for hydroxylation is 1. The topological polar surface area (TPSA) is 111 Å². The summed E-state index contributed by atoms with van der Waals surface area (Å²) in [7, 11) is 1.82. The van der Waals surface area contributed by atoms with E-state index in [4.69, 9.17) is 9.47 Å². The molecule has 2 heterocycles. The first-order valence-electron chi connectivity index (χ1n) is 13.2. The van der Waals surface area contributed by atoms with E-state index in [0.29, 0.717) is 12.3 Å². The molecule has 5 rings (SSSR count). The minimum Gasteiger partial charge on any atom is -0.392 e. The molecule has 1 fully saturated rings. The van der Waals surface area contributed by atoms with Crippen LogP contribution in [-0.2, 0) is 34.5 Å². The molecule has 9 nitrogen and oxygen atoms in total. The first-order chi connectivity index (χ1) is 19.4. The van der Waals surface area contributed by atoms with Gasteiger partial charge in [-0.05, 0) is 38.2 Å². The Bertz CT molecular complexity index is 1430. The number of amides is 1. The van der Waals surface area contributed by atoms with Crippen molar-refractivity contribution in [1.82, 2.24) is 25.5 Å². The van der Waals surface area contributed by atoms with Gasteiger partial charge >= 0.3 is 0 Å². The molecular weight excluding hydrogens is 526 g/mol. The summed E-state index contributed by atoms with van der Waals surface area (Å²) in [5.74, 6) is 0.661. The number of nitrogens with one attached hydrogen (secondary N) is 1. The van der Waals surface area contributed by atoms with Crippen LogP contribution in [-0.4, -0.2) is 43.1 Å². The lowest BCUT2D eigenvalue weighted by molar-refractivity contribution is -0.268. The van der Waals surface area contributed by atoms with E-state index in [2.05, 4.69) is 46.0 Å². The van der Waals surface area contributed by atoms with Crippen molar-refractivity contribution in [3.8, 4) is 11.1 Å². The molecule has 1 saturated heterocycles. The molecule has 208 valence electrons. The Balaban J connectivity index is 1.39. The van der Waals surface area contributed by atoms with Crippen LogP contribution < -0.4 is 5.32 Å². The first-order valence-corrected chi connectivity index (χ1v) is 14.2. The predicted octanol–water partition coefficient (Wildman–Crippen LogP) is 4.59. The Hall–Kier alpha value is -3.57. The summed E-state index contributed by atoms with van der Waals surface area (Å²) in [6.07, 6.45) is -0.889. The Kier molecular flexibility index (Phi) is 8.91. The van der Waals surface area contributed by atoms with Gasteiger partial charge in [-0.2, -0.15) is 0 Å². The number of thioether (sulfide) groups is 1. The van der Waals surface area contributed by atoms with Crippen molar-refractivity contribution < 1.29 is 19.4 Å². The highest BCUT2D eigenvalue weighted by molar-refractivity contribution is 7.99. The Labute approximate surface area is 237 Å². The van der Waals surface area contributed by atoms with Crippen LogP contribution in [0.15, 0.2) is 78.0 Å². The van der Waals surface area contributed by atoms with Crippen LogP contribution in [0.5, 0.6) is 0 Å². The van der Waals surface area contributed by atoms with E-state index >= 15 is 0 Å². The van der Waals surface area contributed by atoms with E-state index in [1.54, 1.807) is 16.4 Å². The molecule has 1 amide bonds. The number of carbonyl (C=O) groups is 1. The summed E-state index contributed by atoms with van der Waals surface area (Å²) in [5.41, 5.74) is 5.98. The monoisotopic (exact) mass is 559 g/mol. The molecule has 0 spiro atoms. The molecule has 2 N–H and O–H groups in total. The van der Waals surface area contributed by atoms with Crippen LogP contribution >= 0.6 is 11.8 Å². The average molecular weight is 560 g/mol. The zero-order valence-corrected chi connectivity index (χ0v) is 23.5.